The van der Waals surface area contributed by atoms with Crippen molar-refractivity contribution in [3.8, 4) is 0 Å². The Morgan fingerprint density at radius 3 is 2.58 bits per heavy atom. The first-order chi connectivity index (χ1) is 11.4. The third kappa shape index (κ3) is 3.77. The fourth-order valence-corrected chi connectivity index (χ4v) is 4.10. The van der Waals surface area contributed by atoms with E-state index in [4.69, 9.17) is 17.3 Å². The van der Waals surface area contributed by atoms with Gasteiger partial charge in [-0.2, -0.15) is 0 Å². The molecule has 24 heavy (non-hydrogen) atoms. The lowest BCUT2D eigenvalue weighted by Crippen LogP contribution is -2.44. The van der Waals surface area contributed by atoms with Gasteiger partial charge in [0.1, 0.15) is 0 Å². The number of hydrogen-bond donors (Lipinski definition) is 2. The molecular formula is C20H27ClN2O. The third-order valence-corrected chi connectivity index (χ3v) is 5.49. The number of rotatable bonds is 2. The van der Waals surface area contributed by atoms with E-state index in [0.717, 1.165) is 48.9 Å². The third-order valence-electron chi connectivity index (χ3n) is 5.16. The van der Waals surface area contributed by atoms with Crippen LogP contribution in [0.5, 0.6) is 0 Å². The number of hydrogen-bond acceptors (Lipinski definition) is 3. The van der Waals surface area contributed by atoms with Crippen molar-refractivity contribution in [2.24, 2.45) is 5.92 Å². The molecule has 1 saturated carbocycles. The summed E-state index contributed by atoms with van der Waals surface area (Å²) in [7, 11) is 0. The minimum absolute atomic E-state index is 0.109. The molecule has 3 nitrogen and oxygen atoms in total. The molecule has 0 saturated heterocycles. The highest BCUT2D eigenvalue weighted by molar-refractivity contribution is 6.33. The molecule has 0 bridgehead atoms. The highest BCUT2D eigenvalue weighted by Gasteiger charge is 2.29. The highest BCUT2D eigenvalue weighted by Crippen LogP contribution is 2.35. The first-order valence-corrected chi connectivity index (χ1v) is 9.35. The molecule has 130 valence electrons. The van der Waals surface area contributed by atoms with Crippen molar-refractivity contribution in [1.82, 2.24) is 5.32 Å². The van der Waals surface area contributed by atoms with Crippen molar-refractivity contribution < 1.29 is 4.79 Å². The maximum absolute atomic E-state index is 12.8. The van der Waals surface area contributed by atoms with Gasteiger partial charge in [0, 0.05) is 28.8 Å². The average molecular weight is 347 g/mol. The largest absolute Gasteiger partial charge is 0.398 e. The average Bonchev–Trinajstić information content (AvgIpc) is 2.77. The molecule has 1 fully saturated rings. The first-order valence-electron chi connectivity index (χ1n) is 8.98. The second-order valence-electron chi connectivity index (χ2n) is 7.87. The molecule has 3 N–H and O–H groups in total. The Morgan fingerprint density at radius 1 is 1.25 bits per heavy atom. The van der Waals surface area contributed by atoms with Crippen LogP contribution in [0.2, 0.25) is 5.02 Å². The van der Waals surface area contributed by atoms with Gasteiger partial charge >= 0.3 is 0 Å². The number of ketones is 1. The maximum atomic E-state index is 12.8. The molecule has 0 amide bonds. The summed E-state index contributed by atoms with van der Waals surface area (Å²) in [5, 5.41) is 4.11. The quantitative estimate of drug-likeness (QED) is 0.462. The van der Waals surface area contributed by atoms with Crippen molar-refractivity contribution in [2.75, 3.05) is 5.73 Å². The van der Waals surface area contributed by atoms with E-state index < -0.39 is 0 Å². The minimum Gasteiger partial charge on any atom is -0.398 e. The van der Waals surface area contributed by atoms with Crippen LogP contribution in [-0.2, 0) is 11.2 Å². The van der Waals surface area contributed by atoms with Crippen molar-refractivity contribution >= 4 is 28.8 Å². The second kappa shape index (κ2) is 6.79. The zero-order chi connectivity index (χ0) is 17.3. The summed E-state index contributed by atoms with van der Waals surface area (Å²) in [5.74, 6) is 0.413. The summed E-state index contributed by atoms with van der Waals surface area (Å²) in [6.07, 6.45) is 9.53. The van der Waals surface area contributed by atoms with E-state index in [1.165, 1.54) is 12.8 Å². The number of benzene rings is 1. The van der Waals surface area contributed by atoms with E-state index >= 15 is 0 Å². The number of carbonyl (C=O) groups is 1. The second-order valence-corrected chi connectivity index (χ2v) is 8.27. The molecule has 1 aromatic rings. The summed E-state index contributed by atoms with van der Waals surface area (Å²) in [5.41, 5.74) is 9.50. The van der Waals surface area contributed by atoms with Gasteiger partial charge in [0.25, 0.3) is 0 Å². The predicted molar refractivity (Wildman–Crippen MR) is 101 cm³/mol. The number of nitrogens with two attached hydrogens (primary N) is 1. The minimum atomic E-state index is -0.109. The molecular weight excluding hydrogens is 320 g/mol. The van der Waals surface area contributed by atoms with Gasteiger partial charge in [-0.05, 0) is 50.8 Å². The molecule has 4 heteroatoms. The van der Waals surface area contributed by atoms with Crippen LogP contribution in [0, 0.1) is 5.92 Å². The van der Waals surface area contributed by atoms with Crippen LogP contribution in [0.15, 0.2) is 18.2 Å². The summed E-state index contributed by atoms with van der Waals surface area (Å²) in [6, 6.07) is 3.84. The predicted octanol–water partition coefficient (Wildman–Crippen LogP) is 4.73. The summed E-state index contributed by atoms with van der Waals surface area (Å²) in [4.78, 5) is 12.8. The van der Waals surface area contributed by atoms with Crippen molar-refractivity contribution in [3.05, 3.63) is 34.4 Å². The lowest BCUT2D eigenvalue weighted by Gasteiger charge is -2.36. The Kier molecular flexibility index (Phi) is 4.91. The Bertz CT molecular complexity index is 670. The van der Waals surface area contributed by atoms with E-state index in [-0.39, 0.29) is 17.2 Å². The lowest BCUT2D eigenvalue weighted by molar-refractivity contribution is -0.118. The molecule has 1 aromatic carbocycles. The van der Waals surface area contributed by atoms with Gasteiger partial charge in [0.05, 0.1) is 10.7 Å². The number of nitrogen functional groups attached to an aromatic ring is 1. The van der Waals surface area contributed by atoms with Crippen LogP contribution >= 0.6 is 11.6 Å². The Labute approximate surface area is 149 Å². The molecule has 0 radical (unpaired) electrons. The van der Waals surface area contributed by atoms with Crippen LogP contribution in [0.25, 0.3) is 5.70 Å². The highest BCUT2D eigenvalue weighted by atomic mass is 35.5. The zero-order valence-electron chi connectivity index (χ0n) is 14.6. The van der Waals surface area contributed by atoms with E-state index in [9.17, 15) is 4.79 Å². The van der Waals surface area contributed by atoms with Crippen LogP contribution in [0.1, 0.15) is 63.5 Å². The monoisotopic (exact) mass is 346 g/mol. The van der Waals surface area contributed by atoms with Gasteiger partial charge in [-0.25, -0.2) is 0 Å². The number of allylic oxidation sites excluding steroid dienone is 1. The molecule has 0 unspecified atom stereocenters. The zero-order valence-corrected chi connectivity index (χ0v) is 15.4. The van der Waals surface area contributed by atoms with E-state index in [2.05, 4.69) is 19.2 Å². The summed E-state index contributed by atoms with van der Waals surface area (Å²) in [6.45, 7) is 4.29. The SMILES string of the molecule is CC1(C)Cc2cc(Cl)c(N)cc2C(=CC(=O)C2CCCCCC2)N1. The number of halogens is 1. The standard InChI is InChI=1S/C20H27ClN2O/c1-20(2)12-14-9-16(21)17(22)10-15(14)18(23-20)11-19(24)13-7-5-3-4-6-8-13/h9-11,13,23H,3-8,12,22H2,1-2H3. The Balaban J connectivity index is 1.94. The van der Waals surface area contributed by atoms with Crippen LogP contribution in [-0.4, -0.2) is 11.3 Å². The normalized spacial score (nSPS) is 22.5. The van der Waals surface area contributed by atoms with Gasteiger partial charge in [-0.3, -0.25) is 4.79 Å². The molecule has 0 spiro atoms. The van der Waals surface area contributed by atoms with Crippen molar-refractivity contribution in [2.45, 2.75) is 64.3 Å². The fraction of sp³-hybridized carbons (Fsp3) is 0.550. The van der Waals surface area contributed by atoms with Crippen molar-refractivity contribution in [1.29, 1.82) is 0 Å². The van der Waals surface area contributed by atoms with Gasteiger partial charge in [0.2, 0.25) is 0 Å². The summed E-state index contributed by atoms with van der Waals surface area (Å²) >= 11 is 6.20. The number of carbonyl (C=O) groups excluding carboxylic acids is 1. The molecule has 0 aromatic heterocycles. The van der Waals surface area contributed by atoms with E-state index in [0.29, 0.717) is 10.7 Å². The van der Waals surface area contributed by atoms with Crippen LogP contribution in [0.4, 0.5) is 5.69 Å². The fourth-order valence-electron chi connectivity index (χ4n) is 3.92. The first kappa shape index (κ1) is 17.3. The molecule has 2 aliphatic rings. The summed E-state index contributed by atoms with van der Waals surface area (Å²) < 4.78 is 0. The maximum Gasteiger partial charge on any atom is 0.160 e. The van der Waals surface area contributed by atoms with Gasteiger partial charge < -0.3 is 11.1 Å². The Hall–Kier alpha value is -1.48. The molecule has 1 aliphatic heterocycles. The van der Waals surface area contributed by atoms with Gasteiger partial charge in [0.15, 0.2) is 5.78 Å². The number of fused-ring (bicyclic) bond motifs is 1. The molecule has 1 heterocycles. The van der Waals surface area contributed by atoms with Crippen LogP contribution in [0.3, 0.4) is 0 Å². The van der Waals surface area contributed by atoms with E-state index in [1.807, 2.05) is 18.2 Å². The molecule has 0 atom stereocenters. The van der Waals surface area contributed by atoms with Crippen LogP contribution < -0.4 is 11.1 Å². The topological polar surface area (TPSA) is 55.1 Å². The number of nitrogens with one attached hydrogen (secondary N) is 1. The molecule has 1 aliphatic carbocycles. The smallest absolute Gasteiger partial charge is 0.160 e. The molecule has 3 rings (SSSR count). The number of anilines is 1. The van der Waals surface area contributed by atoms with Gasteiger partial charge in [-0.1, -0.05) is 37.3 Å². The Morgan fingerprint density at radius 2 is 1.92 bits per heavy atom. The van der Waals surface area contributed by atoms with Crippen molar-refractivity contribution in [3.63, 3.8) is 0 Å². The van der Waals surface area contributed by atoms with Gasteiger partial charge in [-0.15, -0.1) is 0 Å². The van der Waals surface area contributed by atoms with E-state index in [1.54, 1.807) is 0 Å². The lowest BCUT2D eigenvalue weighted by atomic mass is 9.84.